The number of nitrogens with zero attached hydrogens (tertiary/aromatic N) is 3. The van der Waals surface area contributed by atoms with Crippen LogP contribution in [0.1, 0.15) is 10.4 Å². The molecule has 0 unspecified atom stereocenters. The van der Waals surface area contributed by atoms with Gasteiger partial charge < -0.3 is 10.1 Å². The van der Waals surface area contributed by atoms with Gasteiger partial charge in [-0.3, -0.25) is 19.9 Å². The second kappa shape index (κ2) is 7.70. The lowest BCUT2D eigenvalue weighted by atomic mass is 10.2. The number of carbonyl (C=O) groups excluding carboxylic acids is 1. The van der Waals surface area contributed by atoms with E-state index in [4.69, 9.17) is 4.74 Å². The molecule has 0 saturated carbocycles. The Hall–Kier alpha value is -3.33. The Morgan fingerprint density at radius 2 is 2.04 bits per heavy atom. The van der Waals surface area contributed by atoms with Crippen molar-refractivity contribution in [2.24, 2.45) is 0 Å². The van der Waals surface area contributed by atoms with E-state index in [0.29, 0.717) is 11.6 Å². The van der Waals surface area contributed by atoms with Crippen LogP contribution in [-0.4, -0.2) is 20.8 Å². The first-order chi connectivity index (χ1) is 12.5. The van der Waals surface area contributed by atoms with Gasteiger partial charge in [0.1, 0.15) is 17.6 Å². The first-order valence-corrected chi connectivity index (χ1v) is 8.11. The lowest BCUT2D eigenvalue weighted by Gasteiger charge is -2.07. The number of benzene rings is 1. The fraction of sp³-hybridized carbons (Fsp3) is 0. The molecule has 0 saturated heterocycles. The molecule has 1 N–H and O–H groups in total. The number of amides is 1. The number of rotatable bonds is 5. The van der Waals surface area contributed by atoms with Crippen LogP contribution in [0.4, 0.5) is 11.4 Å². The third-order valence-electron chi connectivity index (χ3n) is 3.26. The standard InChI is InChI=1S/C17H11BrN4O4/c18-12-2-1-3-13(8-12)26-16-5-4-11(9-20-16)17(23)21-14-6-7-19-10-15(14)22(24)25/h1-10H,(H,19,21,23). The van der Waals surface area contributed by atoms with Crippen molar-refractivity contribution in [3.05, 3.63) is 81.2 Å². The van der Waals surface area contributed by atoms with E-state index >= 15 is 0 Å². The minimum atomic E-state index is -0.615. The second-order valence-electron chi connectivity index (χ2n) is 5.05. The number of pyridine rings is 2. The van der Waals surface area contributed by atoms with Gasteiger partial charge in [0.15, 0.2) is 0 Å². The molecule has 3 aromatic rings. The fourth-order valence-electron chi connectivity index (χ4n) is 2.06. The number of hydrogen-bond acceptors (Lipinski definition) is 6. The van der Waals surface area contributed by atoms with Crippen molar-refractivity contribution >= 4 is 33.2 Å². The summed E-state index contributed by atoms with van der Waals surface area (Å²) in [4.78, 5) is 30.4. The van der Waals surface area contributed by atoms with Gasteiger partial charge in [0.05, 0.1) is 10.5 Å². The van der Waals surface area contributed by atoms with Crippen molar-refractivity contribution in [3.63, 3.8) is 0 Å². The number of halogens is 1. The first-order valence-electron chi connectivity index (χ1n) is 7.32. The predicted octanol–water partition coefficient (Wildman–Crippen LogP) is 4.19. The molecule has 1 aromatic carbocycles. The molecule has 26 heavy (non-hydrogen) atoms. The molecule has 0 spiro atoms. The zero-order valence-electron chi connectivity index (χ0n) is 13.1. The highest BCUT2D eigenvalue weighted by Gasteiger charge is 2.16. The van der Waals surface area contributed by atoms with E-state index in [0.717, 1.165) is 10.7 Å². The highest BCUT2D eigenvalue weighted by Crippen LogP contribution is 2.24. The van der Waals surface area contributed by atoms with Gasteiger partial charge in [-0.15, -0.1) is 0 Å². The molecule has 130 valence electrons. The molecule has 0 bridgehead atoms. The van der Waals surface area contributed by atoms with E-state index in [1.165, 1.54) is 30.6 Å². The van der Waals surface area contributed by atoms with E-state index in [-0.39, 0.29) is 16.9 Å². The van der Waals surface area contributed by atoms with Crippen LogP contribution in [-0.2, 0) is 0 Å². The molecule has 0 aliphatic carbocycles. The predicted molar refractivity (Wildman–Crippen MR) is 97.3 cm³/mol. The van der Waals surface area contributed by atoms with Gasteiger partial charge >= 0.3 is 5.69 Å². The maximum Gasteiger partial charge on any atom is 0.310 e. The summed E-state index contributed by atoms with van der Waals surface area (Å²) in [5.41, 5.74) is 0.00517. The molecule has 8 nitrogen and oxygen atoms in total. The molecular formula is C17H11BrN4O4. The van der Waals surface area contributed by atoms with E-state index in [9.17, 15) is 14.9 Å². The molecule has 9 heteroatoms. The average Bonchev–Trinajstić information content (AvgIpc) is 2.62. The highest BCUT2D eigenvalue weighted by atomic mass is 79.9. The monoisotopic (exact) mass is 414 g/mol. The van der Waals surface area contributed by atoms with Gasteiger partial charge in [-0.1, -0.05) is 22.0 Å². The molecule has 0 atom stereocenters. The Morgan fingerprint density at radius 1 is 1.19 bits per heavy atom. The fourth-order valence-corrected chi connectivity index (χ4v) is 2.44. The summed E-state index contributed by atoms with van der Waals surface area (Å²) in [6, 6.07) is 11.7. The van der Waals surface area contributed by atoms with E-state index < -0.39 is 10.8 Å². The Balaban J connectivity index is 1.72. The van der Waals surface area contributed by atoms with Crippen molar-refractivity contribution in [3.8, 4) is 11.6 Å². The molecule has 0 fully saturated rings. The van der Waals surface area contributed by atoms with Crippen molar-refractivity contribution < 1.29 is 14.5 Å². The lowest BCUT2D eigenvalue weighted by molar-refractivity contribution is -0.384. The Morgan fingerprint density at radius 3 is 2.73 bits per heavy atom. The molecule has 3 rings (SSSR count). The summed E-state index contributed by atoms with van der Waals surface area (Å²) in [6.07, 6.45) is 3.76. The zero-order chi connectivity index (χ0) is 18.5. The quantitative estimate of drug-likeness (QED) is 0.495. The molecule has 1 amide bonds. The van der Waals surface area contributed by atoms with Crippen LogP contribution in [0.3, 0.4) is 0 Å². The number of hydrogen-bond donors (Lipinski definition) is 1. The summed E-state index contributed by atoms with van der Waals surface area (Å²) in [7, 11) is 0. The van der Waals surface area contributed by atoms with Crippen LogP contribution in [0.2, 0.25) is 0 Å². The molecule has 2 aromatic heterocycles. The number of ether oxygens (including phenoxy) is 1. The number of aromatic nitrogens is 2. The number of carbonyl (C=O) groups is 1. The van der Waals surface area contributed by atoms with Crippen molar-refractivity contribution in [2.45, 2.75) is 0 Å². The SMILES string of the molecule is O=C(Nc1ccncc1[N+](=O)[O-])c1ccc(Oc2cccc(Br)c2)nc1. The van der Waals surface area contributed by atoms with E-state index in [1.807, 2.05) is 12.1 Å². The lowest BCUT2D eigenvalue weighted by Crippen LogP contribution is -2.13. The number of nitrogens with one attached hydrogen (secondary N) is 1. The average molecular weight is 415 g/mol. The van der Waals surface area contributed by atoms with Crippen LogP contribution < -0.4 is 10.1 Å². The van der Waals surface area contributed by atoms with Crippen LogP contribution >= 0.6 is 15.9 Å². The molecule has 0 aliphatic rings. The summed E-state index contributed by atoms with van der Waals surface area (Å²) < 4.78 is 6.46. The van der Waals surface area contributed by atoms with Crippen molar-refractivity contribution in [1.82, 2.24) is 9.97 Å². The Kier molecular flexibility index (Phi) is 5.18. The van der Waals surface area contributed by atoms with Crippen molar-refractivity contribution in [2.75, 3.05) is 5.32 Å². The summed E-state index contributed by atoms with van der Waals surface area (Å²) in [5, 5.41) is 13.4. The number of anilines is 1. The highest BCUT2D eigenvalue weighted by molar-refractivity contribution is 9.10. The van der Waals surface area contributed by atoms with Gasteiger partial charge in [-0.05, 0) is 30.3 Å². The van der Waals surface area contributed by atoms with Crippen molar-refractivity contribution in [1.29, 1.82) is 0 Å². The van der Waals surface area contributed by atoms with Gasteiger partial charge in [0, 0.05) is 22.9 Å². The third kappa shape index (κ3) is 4.19. The maximum absolute atomic E-state index is 12.3. The minimum absolute atomic E-state index is 0.0597. The van der Waals surface area contributed by atoms with Gasteiger partial charge in [0.25, 0.3) is 5.91 Å². The van der Waals surface area contributed by atoms with Crippen LogP contribution in [0.5, 0.6) is 11.6 Å². The normalized spacial score (nSPS) is 10.2. The largest absolute Gasteiger partial charge is 0.439 e. The summed E-state index contributed by atoms with van der Waals surface area (Å²) >= 11 is 3.35. The second-order valence-corrected chi connectivity index (χ2v) is 5.96. The maximum atomic E-state index is 12.3. The van der Waals surface area contributed by atoms with Gasteiger partial charge in [-0.2, -0.15) is 0 Å². The number of nitro groups is 1. The minimum Gasteiger partial charge on any atom is -0.439 e. The van der Waals surface area contributed by atoms with Crippen LogP contribution in [0, 0.1) is 10.1 Å². The smallest absolute Gasteiger partial charge is 0.310 e. The molecule has 0 radical (unpaired) electrons. The molecule has 2 heterocycles. The summed E-state index contributed by atoms with van der Waals surface area (Å²) in [6.45, 7) is 0. The topological polar surface area (TPSA) is 107 Å². The Labute approximate surface area is 156 Å². The molecular weight excluding hydrogens is 404 g/mol. The summed E-state index contributed by atoms with van der Waals surface area (Å²) in [5.74, 6) is 0.381. The zero-order valence-corrected chi connectivity index (χ0v) is 14.7. The first kappa shape index (κ1) is 17.5. The Bertz CT molecular complexity index is 963. The van der Waals surface area contributed by atoms with Crippen LogP contribution in [0.15, 0.2) is 65.5 Å². The van der Waals surface area contributed by atoms with Gasteiger partial charge in [0.2, 0.25) is 5.88 Å². The third-order valence-corrected chi connectivity index (χ3v) is 3.76. The van der Waals surface area contributed by atoms with Crippen LogP contribution in [0.25, 0.3) is 0 Å². The molecule has 0 aliphatic heterocycles. The van der Waals surface area contributed by atoms with E-state index in [1.54, 1.807) is 12.1 Å². The van der Waals surface area contributed by atoms with Gasteiger partial charge in [-0.25, -0.2) is 4.98 Å². The van der Waals surface area contributed by atoms with E-state index in [2.05, 4.69) is 31.2 Å².